The molecule has 0 aliphatic heterocycles. The van der Waals surface area contributed by atoms with Crippen molar-refractivity contribution in [2.75, 3.05) is 7.05 Å². The molecule has 0 aromatic heterocycles. The standard InChI is InChI=1S/C23H39NO2/c1-3-4-5-6-7-8-9-10-11-12-13-14-15-16-21-17-19-22(20-18-21)23(25)24(2)26/h17-20,26H,3-16H2,1-2H3. The van der Waals surface area contributed by atoms with Gasteiger partial charge in [-0.1, -0.05) is 96.1 Å². The predicted octanol–water partition coefficient (Wildman–Crippen LogP) is 6.78. The van der Waals surface area contributed by atoms with Crippen LogP contribution >= 0.6 is 0 Å². The molecule has 0 atom stereocenters. The molecule has 3 nitrogen and oxygen atoms in total. The first-order chi connectivity index (χ1) is 12.6. The second-order valence-corrected chi connectivity index (χ2v) is 7.52. The molecule has 0 spiro atoms. The van der Waals surface area contributed by atoms with E-state index in [1.54, 1.807) is 12.1 Å². The van der Waals surface area contributed by atoms with E-state index in [1.807, 2.05) is 12.1 Å². The van der Waals surface area contributed by atoms with Crippen molar-refractivity contribution in [2.24, 2.45) is 0 Å². The number of aryl methyl sites for hydroxylation is 1. The molecule has 0 bridgehead atoms. The third-order valence-electron chi connectivity index (χ3n) is 5.06. The summed E-state index contributed by atoms with van der Waals surface area (Å²) < 4.78 is 0. The lowest BCUT2D eigenvalue weighted by molar-refractivity contribution is -0.0374. The van der Waals surface area contributed by atoms with Gasteiger partial charge in [0.05, 0.1) is 0 Å². The van der Waals surface area contributed by atoms with Gasteiger partial charge >= 0.3 is 0 Å². The normalized spacial score (nSPS) is 10.9. The maximum atomic E-state index is 11.6. The molecule has 1 rings (SSSR count). The van der Waals surface area contributed by atoms with Crippen molar-refractivity contribution in [3.8, 4) is 0 Å². The van der Waals surface area contributed by atoms with Crippen LogP contribution in [0.2, 0.25) is 0 Å². The van der Waals surface area contributed by atoms with Gasteiger partial charge in [0, 0.05) is 12.6 Å². The highest BCUT2D eigenvalue weighted by molar-refractivity contribution is 5.93. The van der Waals surface area contributed by atoms with Crippen molar-refractivity contribution < 1.29 is 10.0 Å². The number of benzene rings is 1. The Hall–Kier alpha value is -1.35. The summed E-state index contributed by atoms with van der Waals surface area (Å²) in [6.45, 7) is 2.27. The molecule has 1 N–H and O–H groups in total. The van der Waals surface area contributed by atoms with Gasteiger partial charge in [-0.2, -0.15) is 0 Å². The van der Waals surface area contributed by atoms with E-state index in [1.165, 1.54) is 96.1 Å². The summed E-state index contributed by atoms with van der Waals surface area (Å²) in [6, 6.07) is 7.59. The van der Waals surface area contributed by atoms with Gasteiger partial charge in [0.2, 0.25) is 0 Å². The fourth-order valence-electron chi connectivity index (χ4n) is 3.35. The minimum Gasteiger partial charge on any atom is -0.286 e. The summed E-state index contributed by atoms with van der Waals surface area (Å²) in [7, 11) is 1.35. The molecule has 148 valence electrons. The van der Waals surface area contributed by atoms with Crippen LogP contribution in [0, 0.1) is 0 Å². The smallest absolute Gasteiger partial charge is 0.276 e. The number of carbonyl (C=O) groups is 1. The molecule has 0 radical (unpaired) electrons. The van der Waals surface area contributed by atoms with Gasteiger partial charge in [0.25, 0.3) is 5.91 Å². The van der Waals surface area contributed by atoms with Gasteiger partial charge in [0.1, 0.15) is 0 Å². The molecule has 0 heterocycles. The summed E-state index contributed by atoms with van der Waals surface area (Å²) in [6.07, 6.45) is 18.9. The maximum Gasteiger partial charge on any atom is 0.276 e. The number of nitrogens with zero attached hydrogens (tertiary/aromatic N) is 1. The van der Waals surface area contributed by atoms with Crippen LogP contribution in [0.5, 0.6) is 0 Å². The molecule has 3 heteroatoms. The third kappa shape index (κ3) is 10.6. The van der Waals surface area contributed by atoms with Gasteiger partial charge in [-0.05, 0) is 30.5 Å². The predicted molar refractivity (Wildman–Crippen MR) is 110 cm³/mol. The van der Waals surface area contributed by atoms with Gasteiger partial charge in [0.15, 0.2) is 0 Å². The fourth-order valence-corrected chi connectivity index (χ4v) is 3.35. The number of hydrogen-bond acceptors (Lipinski definition) is 2. The molecule has 1 aromatic rings. The van der Waals surface area contributed by atoms with E-state index < -0.39 is 0 Å². The quantitative estimate of drug-likeness (QED) is 0.212. The lowest BCUT2D eigenvalue weighted by atomic mass is 10.0. The average molecular weight is 362 g/mol. The van der Waals surface area contributed by atoms with Crippen LogP contribution < -0.4 is 0 Å². The van der Waals surface area contributed by atoms with Crippen molar-refractivity contribution in [3.63, 3.8) is 0 Å². The second-order valence-electron chi connectivity index (χ2n) is 7.52. The molecule has 0 fully saturated rings. The van der Waals surface area contributed by atoms with Gasteiger partial charge in [-0.15, -0.1) is 0 Å². The van der Waals surface area contributed by atoms with Crippen LogP contribution in [0.15, 0.2) is 24.3 Å². The summed E-state index contributed by atoms with van der Waals surface area (Å²) in [5.41, 5.74) is 1.80. The van der Waals surface area contributed by atoms with E-state index in [0.29, 0.717) is 10.6 Å². The highest BCUT2D eigenvalue weighted by atomic mass is 16.5. The lowest BCUT2D eigenvalue weighted by Crippen LogP contribution is -2.22. The Kier molecular flexibility index (Phi) is 12.9. The molecular formula is C23H39NO2. The molecular weight excluding hydrogens is 322 g/mol. The van der Waals surface area contributed by atoms with Crippen molar-refractivity contribution in [1.82, 2.24) is 5.06 Å². The first kappa shape index (κ1) is 22.7. The van der Waals surface area contributed by atoms with Crippen molar-refractivity contribution in [1.29, 1.82) is 0 Å². The Labute approximate surface area is 160 Å². The zero-order valence-corrected chi connectivity index (χ0v) is 17.0. The minimum absolute atomic E-state index is 0.363. The monoisotopic (exact) mass is 361 g/mol. The second kappa shape index (κ2) is 14.8. The molecule has 0 aliphatic rings. The van der Waals surface area contributed by atoms with Crippen LogP contribution in [-0.4, -0.2) is 23.2 Å². The number of unbranched alkanes of at least 4 members (excludes halogenated alkanes) is 12. The van der Waals surface area contributed by atoms with Gasteiger partial charge in [-0.25, -0.2) is 5.06 Å². The Balaban J connectivity index is 1.95. The SMILES string of the molecule is CCCCCCCCCCCCCCCc1ccc(C(=O)N(C)O)cc1. The fraction of sp³-hybridized carbons (Fsp3) is 0.696. The average Bonchev–Trinajstić information content (AvgIpc) is 2.65. The number of rotatable bonds is 15. The number of carbonyl (C=O) groups excluding carboxylic acids is 1. The highest BCUT2D eigenvalue weighted by Gasteiger charge is 2.08. The molecule has 0 saturated carbocycles. The molecule has 1 aromatic carbocycles. The Morgan fingerprint density at radius 2 is 1.19 bits per heavy atom. The molecule has 0 unspecified atom stereocenters. The molecule has 0 aliphatic carbocycles. The zero-order valence-electron chi connectivity index (χ0n) is 17.0. The summed E-state index contributed by atoms with van der Waals surface area (Å²) >= 11 is 0. The Morgan fingerprint density at radius 1 is 0.769 bits per heavy atom. The van der Waals surface area contributed by atoms with E-state index in [4.69, 9.17) is 5.21 Å². The van der Waals surface area contributed by atoms with Crippen LogP contribution in [0.25, 0.3) is 0 Å². The largest absolute Gasteiger partial charge is 0.286 e. The Morgan fingerprint density at radius 3 is 1.62 bits per heavy atom. The summed E-state index contributed by atoms with van der Waals surface area (Å²) in [4.78, 5) is 11.6. The number of amides is 1. The molecule has 1 amide bonds. The van der Waals surface area contributed by atoms with E-state index >= 15 is 0 Å². The first-order valence-corrected chi connectivity index (χ1v) is 10.7. The third-order valence-corrected chi connectivity index (χ3v) is 5.06. The van der Waals surface area contributed by atoms with Gasteiger partial charge in [-0.3, -0.25) is 10.0 Å². The lowest BCUT2D eigenvalue weighted by Gasteiger charge is -2.08. The van der Waals surface area contributed by atoms with E-state index in [-0.39, 0.29) is 5.91 Å². The maximum absolute atomic E-state index is 11.6. The number of hydroxylamine groups is 2. The van der Waals surface area contributed by atoms with E-state index in [2.05, 4.69) is 6.92 Å². The molecule has 26 heavy (non-hydrogen) atoms. The van der Waals surface area contributed by atoms with Crippen LogP contribution in [-0.2, 0) is 6.42 Å². The highest BCUT2D eigenvalue weighted by Crippen LogP contribution is 2.14. The van der Waals surface area contributed by atoms with E-state index in [9.17, 15) is 4.79 Å². The van der Waals surface area contributed by atoms with Crippen LogP contribution in [0.4, 0.5) is 0 Å². The Bertz CT molecular complexity index is 468. The summed E-state index contributed by atoms with van der Waals surface area (Å²) in [5.74, 6) is -0.363. The first-order valence-electron chi connectivity index (χ1n) is 10.7. The van der Waals surface area contributed by atoms with E-state index in [0.717, 1.165) is 6.42 Å². The van der Waals surface area contributed by atoms with Crippen LogP contribution in [0.1, 0.15) is 106 Å². The summed E-state index contributed by atoms with van der Waals surface area (Å²) in [5, 5.41) is 9.79. The van der Waals surface area contributed by atoms with Crippen molar-refractivity contribution in [3.05, 3.63) is 35.4 Å². The molecule has 0 saturated heterocycles. The number of hydrogen-bond donors (Lipinski definition) is 1. The van der Waals surface area contributed by atoms with Gasteiger partial charge < -0.3 is 0 Å². The zero-order chi connectivity index (χ0) is 19.0. The van der Waals surface area contributed by atoms with Crippen LogP contribution in [0.3, 0.4) is 0 Å². The van der Waals surface area contributed by atoms with Crippen molar-refractivity contribution in [2.45, 2.75) is 96.8 Å². The van der Waals surface area contributed by atoms with Crippen molar-refractivity contribution >= 4 is 5.91 Å². The minimum atomic E-state index is -0.363. The topological polar surface area (TPSA) is 40.5 Å².